The second-order valence-electron chi connectivity index (χ2n) is 2.66. The van der Waals surface area contributed by atoms with Crippen molar-refractivity contribution in [2.24, 2.45) is 0 Å². The van der Waals surface area contributed by atoms with Crippen LogP contribution in [0.15, 0.2) is 12.7 Å². The lowest BCUT2D eigenvalue weighted by atomic mass is 9.94. The van der Waals surface area contributed by atoms with Gasteiger partial charge in [-0.25, -0.2) is 18.0 Å². The Kier molecular flexibility index (Phi) is 3.44. The molecule has 0 bridgehead atoms. The molecule has 0 aromatic rings. The van der Waals surface area contributed by atoms with E-state index in [9.17, 15) is 31.1 Å². The zero-order valence-corrected chi connectivity index (χ0v) is 7.11. The van der Waals surface area contributed by atoms with Crippen LogP contribution in [-0.2, 0) is 4.79 Å². The van der Waals surface area contributed by atoms with Crippen LogP contribution in [0.25, 0.3) is 0 Å². The zero-order valence-electron chi connectivity index (χ0n) is 7.11. The van der Waals surface area contributed by atoms with Crippen LogP contribution in [0.3, 0.4) is 0 Å². The Hall–Kier alpha value is -1.21. The maximum atomic E-state index is 12.9. The van der Waals surface area contributed by atoms with Crippen LogP contribution in [0, 0.1) is 0 Å². The van der Waals surface area contributed by atoms with E-state index in [1.165, 1.54) is 0 Å². The summed E-state index contributed by atoms with van der Waals surface area (Å²) >= 11 is 0. The molecule has 88 valence electrons. The number of hydrogen-bond donors (Lipinski definition) is 1. The molecule has 15 heavy (non-hydrogen) atoms. The van der Waals surface area contributed by atoms with Crippen molar-refractivity contribution in [3.63, 3.8) is 0 Å². The average molecular weight is 236 g/mol. The Morgan fingerprint density at radius 2 is 1.60 bits per heavy atom. The summed E-state index contributed by atoms with van der Waals surface area (Å²) < 4.78 is 73.9. The van der Waals surface area contributed by atoms with Gasteiger partial charge in [0.15, 0.2) is 0 Å². The summed E-state index contributed by atoms with van der Waals surface area (Å²) in [5.41, 5.74) is -5.60. The van der Waals surface area contributed by atoms with Crippen LogP contribution in [0.1, 0.15) is 6.42 Å². The van der Waals surface area contributed by atoms with E-state index in [4.69, 9.17) is 5.11 Å². The van der Waals surface area contributed by atoms with Gasteiger partial charge in [0.05, 0.1) is 0 Å². The molecule has 0 radical (unpaired) electrons. The highest BCUT2D eigenvalue weighted by Gasteiger charge is 2.76. The Morgan fingerprint density at radius 3 is 1.80 bits per heavy atom. The summed E-state index contributed by atoms with van der Waals surface area (Å²) in [6.07, 6.45) is -7.62. The number of alkyl halides is 6. The highest BCUT2D eigenvalue weighted by molar-refractivity contribution is 5.80. The summed E-state index contributed by atoms with van der Waals surface area (Å²) in [5, 5.41) is 7.92. The largest absolute Gasteiger partial charge is 0.478 e. The number of aliphatic carboxylic acids is 1. The van der Waals surface area contributed by atoms with Crippen LogP contribution in [0.5, 0.6) is 0 Å². The van der Waals surface area contributed by atoms with Crippen molar-refractivity contribution in [1.82, 2.24) is 0 Å². The molecule has 0 aromatic heterocycles. The first kappa shape index (κ1) is 13.8. The van der Waals surface area contributed by atoms with Crippen LogP contribution in [0.2, 0.25) is 0 Å². The van der Waals surface area contributed by atoms with Crippen molar-refractivity contribution >= 4 is 5.97 Å². The quantitative estimate of drug-likeness (QED) is 0.601. The van der Waals surface area contributed by atoms with Crippen molar-refractivity contribution in [1.29, 1.82) is 0 Å². The first-order valence-electron chi connectivity index (χ1n) is 3.48. The van der Waals surface area contributed by atoms with Gasteiger partial charge in [-0.2, -0.15) is 13.2 Å². The Bertz CT molecular complexity index is 271. The van der Waals surface area contributed by atoms with E-state index in [1.807, 2.05) is 0 Å². The Morgan fingerprint density at radius 1 is 1.20 bits per heavy atom. The minimum atomic E-state index is -6.20. The number of allylic oxidation sites excluding steroid dienone is 1. The number of halogens is 6. The molecule has 2 nitrogen and oxygen atoms in total. The fourth-order valence-corrected chi connectivity index (χ4v) is 0.807. The van der Waals surface area contributed by atoms with E-state index in [-0.39, 0.29) is 0 Å². The summed E-state index contributed by atoms with van der Waals surface area (Å²) in [6, 6.07) is 0. The number of rotatable bonds is 4. The van der Waals surface area contributed by atoms with Crippen LogP contribution in [0.4, 0.5) is 26.3 Å². The van der Waals surface area contributed by atoms with Gasteiger partial charge in [0.1, 0.15) is 0 Å². The Balaban J connectivity index is 5.50. The fourth-order valence-electron chi connectivity index (χ4n) is 0.807. The first-order chi connectivity index (χ1) is 6.50. The van der Waals surface area contributed by atoms with Gasteiger partial charge >= 0.3 is 23.7 Å². The number of carboxylic acids is 1. The van der Waals surface area contributed by atoms with E-state index in [0.717, 1.165) is 0 Å². The van der Waals surface area contributed by atoms with Gasteiger partial charge in [-0.15, -0.1) is 6.58 Å². The summed E-state index contributed by atoms with van der Waals surface area (Å²) in [5.74, 6) is -8.37. The number of carboxylic acid groups (broad SMARTS) is 1. The number of hydrogen-bond acceptors (Lipinski definition) is 1. The fraction of sp³-hybridized carbons (Fsp3) is 0.571. The van der Waals surface area contributed by atoms with E-state index in [2.05, 4.69) is 6.58 Å². The molecule has 0 fully saturated rings. The molecule has 1 unspecified atom stereocenters. The lowest BCUT2D eigenvalue weighted by Crippen LogP contribution is -2.60. The highest BCUT2D eigenvalue weighted by Crippen LogP contribution is 2.47. The van der Waals surface area contributed by atoms with Crippen molar-refractivity contribution in [2.75, 3.05) is 0 Å². The molecule has 0 saturated heterocycles. The third-order valence-electron chi connectivity index (χ3n) is 1.59. The van der Waals surface area contributed by atoms with Crippen LogP contribution >= 0.6 is 0 Å². The normalized spacial score (nSPS) is 16.9. The van der Waals surface area contributed by atoms with Crippen LogP contribution < -0.4 is 0 Å². The predicted molar refractivity (Wildman–Crippen MR) is 37.3 cm³/mol. The van der Waals surface area contributed by atoms with E-state index >= 15 is 0 Å². The molecule has 0 aliphatic rings. The van der Waals surface area contributed by atoms with E-state index in [1.54, 1.807) is 0 Å². The molecule has 0 rings (SSSR count). The number of carbonyl (C=O) groups is 1. The van der Waals surface area contributed by atoms with Crippen LogP contribution in [-0.4, -0.2) is 28.8 Å². The first-order valence-corrected chi connectivity index (χ1v) is 3.48. The molecule has 0 aliphatic heterocycles. The van der Waals surface area contributed by atoms with Crippen molar-refractivity contribution in [3.8, 4) is 0 Å². The molecule has 1 N–H and O–H groups in total. The van der Waals surface area contributed by atoms with Crippen molar-refractivity contribution < 1.29 is 36.2 Å². The van der Waals surface area contributed by atoms with Gasteiger partial charge < -0.3 is 5.11 Å². The van der Waals surface area contributed by atoms with Gasteiger partial charge in [0.2, 0.25) is 0 Å². The van der Waals surface area contributed by atoms with Crippen molar-refractivity contribution in [2.45, 2.75) is 24.2 Å². The van der Waals surface area contributed by atoms with E-state index < -0.39 is 30.2 Å². The topological polar surface area (TPSA) is 37.3 Å². The molecular weight excluding hydrogens is 230 g/mol. The second-order valence-corrected chi connectivity index (χ2v) is 2.66. The Labute approximate surface area is 80.2 Å². The molecule has 8 heteroatoms. The highest BCUT2D eigenvalue weighted by atomic mass is 19.4. The molecule has 0 heterocycles. The minimum absolute atomic E-state index is 0.309. The minimum Gasteiger partial charge on any atom is -0.478 e. The third-order valence-corrected chi connectivity index (χ3v) is 1.59. The lowest BCUT2D eigenvalue weighted by molar-refractivity contribution is -0.294. The molecular formula is C7H6F6O2. The summed E-state index contributed by atoms with van der Waals surface area (Å²) in [4.78, 5) is 9.98. The average Bonchev–Trinajstić information content (AvgIpc) is 1.99. The molecule has 0 aliphatic carbocycles. The monoisotopic (exact) mass is 236 g/mol. The molecule has 0 aromatic carbocycles. The van der Waals surface area contributed by atoms with Gasteiger partial charge in [-0.3, -0.25) is 0 Å². The molecule has 1 atom stereocenters. The summed E-state index contributed by atoms with van der Waals surface area (Å²) in [7, 11) is 0. The van der Waals surface area contributed by atoms with Gasteiger partial charge in [-0.1, -0.05) is 6.08 Å². The van der Waals surface area contributed by atoms with E-state index in [0.29, 0.717) is 6.08 Å². The predicted octanol–water partition coefficient (Wildman–Crippen LogP) is 2.55. The maximum Gasteiger partial charge on any atom is 0.439 e. The van der Waals surface area contributed by atoms with Crippen molar-refractivity contribution in [3.05, 3.63) is 12.7 Å². The molecule has 0 spiro atoms. The summed E-state index contributed by atoms with van der Waals surface area (Å²) in [6.45, 7) is 2.69. The van der Waals surface area contributed by atoms with Gasteiger partial charge in [-0.05, 0) is 0 Å². The zero-order chi connectivity index (χ0) is 12.5. The standard InChI is InChI=1S/C7H6F6O2/c1-2-3-5(8,9)6(10,4(14)15)7(11,12)13/h2H,1,3H2,(H,14,15). The lowest BCUT2D eigenvalue weighted by Gasteiger charge is -2.30. The molecule has 0 amide bonds. The third kappa shape index (κ3) is 2.07. The smallest absolute Gasteiger partial charge is 0.439 e. The van der Waals surface area contributed by atoms with Gasteiger partial charge in [0, 0.05) is 6.42 Å². The van der Waals surface area contributed by atoms with Gasteiger partial charge in [0.25, 0.3) is 0 Å². The maximum absolute atomic E-state index is 12.9. The second kappa shape index (κ2) is 3.74. The molecule has 0 saturated carbocycles. The SMILES string of the molecule is C=CCC(F)(F)C(F)(C(=O)O)C(F)(F)F.